The second-order valence-corrected chi connectivity index (χ2v) is 10.9. The zero-order chi connectivity index (χ0) is 33.1. The number of ether oxygens (including phenoxy) is 2. The van der Waals surface area contributed by atoms with Gasteiger partial charge in [-0.15, -0.1) is 5.11 Å². The van der Waals surface area contributed by atoms with E-state index in [1.165, 1.54) is 12.3 Å². The van der Waals surface area contributed by atoms with Crippen LogP contribution in [0.15, 0.2) is 71.2 Å². The summed E-state index contributed by atoms with van der Waals surface area (Å²) >= 11 is 0. The summed E-state index contributed by atoms with van der Waals surface area (Å²) in [6.45, 7) is 6.41. The number of carbonyl (C=O) groups excluding carboxylic acids is 2. The molecule has 0 radical (unpaired) electrons. The maximum absolute atomic E-state index is 13.2. The SMILES string of the molecule is CCCN(CCC)C(=O)c1cc(CCCC(=O)O)c(OCCCCCOc2ccc(CN=NC(=O)c3cccnc3)cc2)cc1O. The third-order valence-corrected chi connectivity index (χ3v) is 7.08. The number of aromatic hydroxyl groups is 1. The minimum atomic E-state index is -0.885. The van der Waals surface area contributed by atoms with Crippen LogP contribution in [0.25, 0.3) is 0 Å². The molecule has 246 valence electrons. The van der Waals surface area contributed by atoms with E-state index in [0.29, 0.717) is 56.0 Å². The van der Waals surface area contributed by atoms with Gasteiger partial charge in [0.05, 0.1) is 30.9 Å². The van der Waals surface area contributed by atoms with Crippen LogP contribution in [0.4, 0.5) is 0 Å². The summed E-state index contributed by atoms with van der Waals surface area (Å²) in [5.41, 5.74) is 2.22. The van der Waals surface area contributed by atoms with Crippen molar-refractivity contribution >= 4 is 17.8 Å². The van der Waals surface area contributed by atoms with E-state index in [1.54, 1.807) is 29.3 Å². The van der Waals surface area contributed by atoms with Crippen LogP contribution in [0.5, 0.6) is 17.2 Å². The molecule has 0 saturated heterocycles. The number of unbranched alkanes of at least 4 members (excludes halogenated alkanes) is 2. The molecule has 3 rings (SSSR count). The Hall–Kier alpha value is -4.80. The quantitative estimate of drug-likeness (QED) is 0.101. The minimum Gasteiger partial charge on any atom is -0.507 e. The number of hydrogen-bond donors (Lipinski definition) is 2. The average molecular weight is 633 g/mol. The number of rotatable bonds is 20. The standard InChI is InChI=1S/C35H44N4O7/c1-3-18-39(19-4-2)35(44)30-22-27(10-8-12-33(41)42)32(23-31(30)40)46-21-7-5-6-20-45-29-15-13-26(14-16-29)24-37-38-34(43)28-11-9-17-36-25-28/h9,11,13-17,22-23,25,40H,3-8,10,12,18-21,24H2,1-2H3,(H,41,42). The van der Waals surface area contributed by atoms with Crippen LogP contribution in [0, 0.1) is 0 Å². The molecule has 0 unspecified atom stereocenters. The first-order chi connectivity index (χ1) is 22.3. The molecule has 11 nitrogen and oxygen atoms in total. The number of hydrogen-bond acceptors (Lipinski definition) is 8. The highest BCUT2D eigenvalue weighted by molar-refractivity contribution is 5.97. The zero-order valence-corrected chi connectivity index (χ0v) is 26.7. The Morgan fingerprint density at radius 2 is 1.63 bits per heavy atom. The number of amides is 2. The van der Waals surface area contributed by atoms with E-state index in [2.05, 4.69) is 15.2 Å². The van der Waals surface area contributed by atoms with Crippen LogP contribution in [0.2, 0.25) is 0 Å². The molecule has 1 heterocycles. The van der Waals surface area contributed by atoms with Gasteiger partial charge in [0.1, 0.15) is 17.2 Å². The largest absolute Gasteiger partial charge is 0.507 e. The van der Waals surface area contributed by atoms with E-state index in [1.807, 2.05) is 38.1 Å². The van der Waals surface area contributed by atoms with Crippen LogP contribution in [0.1, 0.15) is 90.6 Å². The summed E-state index contributed by atoms with van der Waals surface area (Å²) in [6.07, 6.45) is 7.89. The molecule has 0 atom stereocenters. The number of aromatic nitrogens is 1. The van der Waals surface area contributed by atoms with Gasteiger partial charge in [-0.05, 0) is 86.4 Å². The monoisotopic (exact) mass is 632 g/mol. The second kappa shape index (κ2) is 19.6. The number of benzene rings is 2. The van der Waals surface area contributed by atoms with Gasteiger partial charge in [-0.1, -0.05) is 26.0 Å². The van der Waals surface area contributed by atoms with E-state index in [-0.39, 0.29) is 30.2 Å². The lowest BCUT2D eigenvalue weighted by molar-refractivity contribution is -0.137. The molecule has 0 aliphatic carbocycles. The fraction of sp³-hybridized carbons (Fsp3) is 0.429. The van der Waals surface area contributed by atoms with Crippen LogP contribution >= 0.6 is 0 Å². The third-order valence-electron chi connectivity index (χ3n) is 7.08. The first kappa shape index (κ1) is 35.7. The van der Waals surface area contributed by atoms with Gasteiger partial charge in [0.25, 0.3) is 11.8 Å². The number of nitrogens with zero attached hydrogens (tertiary/aromatic N) is 4. The predicted octanol–water partition coefficient (Wildman–Crippen LogP) is 6.88. The van der Waals surface area contributed by atoms with Crippen molar-refractivity contribution in [1.82, 2.24) is 9.88 Å². The summed E-state index contributed by atoms with van der Waals surface area (Å²) in [4.78, 5) is 41.9. The van der Waals surface area contributed by atoms with E-state index in [4.69, 9.17) is 14.6 Å². The van der Waals surface area contributed by atoms with E-state index in [0.717, 1.165) is 43.4 Å². The molecule has 0 saturated carbocycles. The lowest BCUT2D eigenvalue weighted by Crippen LogP contribution is -2.32. The second-order valence-electron chi connectivity index (χ2n) is 10.9. The molecular weight excluding hydrogens is 588 g/mol. The smallest absolute Gasteiger partial charge is 0.303 e. The summed E-state index contributed by atoms with van der Waals surface area (Å²) in [5, 5.41) is 27.5. The third kappa shape index (κ3) is 11.9. The Labute approximate surface area is 270 Å². The first-order valence-electron chi connectivity index (χ1n) is 15.9. The van der Waals surface area contributed by atoms with Gasteiger partial charge < -0.3 is 24.6 Å². The summed E-state index contributed by atoms with van der Waals surface area (Å²) < 4.78 is 11.8. The molecule has 0 bridgehead atoms. The highest BCUT2D eigenvalue weighted by Crippen LogP contribution is 2.31. The number of aryl methyl sites for hydroxylation is 1. The van der Waals surface area contributed by atoms with Crippen molar-refractivity contribution < 1.29 is 34.1 Å². The van der Waals surface area contributed by atoms with E-state index in [9.17, 15) is 19.5 Å². The van der Waals surface area contributed by atoms with Gasteiger partial charge in [0, 0.05) is 38.0 Å². The van der Waals surface area contributed by atoms with Crippen LogP contribution in [0.3, 0.4) is 0 Å². The molecule has 46 heavy (non-hydrogen) atoms. The molecule has 2 amide bonds. The van der Waals surface area contributed by atoms with Gasteiger partial charge >= 0.3 is 5.97 Å². The number of carboxylic acids is 1. The maximum atomic E-state index is 13.2. The Morgan fingerprint density at radius 3 is 2.28 bits per heavy atom. The molecule has 3 aromatic rings. The van der Waals surface area contributed by atoms with Crippen molar-refractivity contribution in [3.63, 3.8) is 0 Å². The van der Waals surface area contributed by atoms with Gasteiger partial charge in [-0.25, -0.2) is 0 Å². The highest BCUT2D eigenvalue weighted by Gasteiger charge is 2.21. The Balaban J connectivity index is 1.44. The normalized spacial score (nSPS) is 11.0. The average Bonchev–Trinajstić information content (AvgIpc) is 3.05. The van der Waals surface area contributed by atoms with Crippen molar-refractivity contribution in [2.75, 3.05) is 26.3 Å². The van der Waals surface area contributed by atoms with Gasteiger partial charge in [0.15, 0.2) is 0 Å². The maximum Gasteiger partial charge on any atom is 0.303 e. The molecule has 0 aliphatic heterocycles. The lowest BCUT2D eigenvalue weighted by Gasteiger charge is -2.23. The molecule has 0 spiro atoms. The number of phenols is 1. The summed E-state index contributed by atoms with van der Waals surface area (Å²) in [7, 11) is 0. The number of pyridine rings is 1. The van der Waals surface area contributed by atoms with Crippen molar-refractivity contribution in [3.8, 4) is 17.2 Å². The van der Waals surface area contributed by atoms with E-state index < -0.39 is 11.9 Å². The van der Waals surface area contributed by atoms with Crippen molar-refractivity contribution in [3.05, 3.63) is 83.2 Å². The van der Waals surface area contributed by atoms with Crippen LogP contribution < -0.4 is 9.47 Å². The van der Waals surface area contributed by atoms with Crippen molar-refractivity contribution in [2.24, 2.45) is 10.2 Å². The number of carbonyl (C=O) groups is 3. The first-order valence-corrected chi connectivity index (χ1v) is 15.9. The van der Waals surface area contributed by atoms with Crippen LogP contribution in [-0.4, -0.2) is 64.2 Å². The molecule has 11 heteroatoms. The van der Waals surface area contributed by atoms with Crippen molar-refractivity contribution in [2.45, 2.75) is 71.8 Å². The molecule has 2 N–H and O–H groups in total. The van der Waals surface area contributed by atoms with E-state index >= 15 is 0 Å². The fourth-order valence-electron chi connectivity index (χ4n) is 4.74. The Bertz CT molecular complexity index is 1420. The molecule has 2 aromatic carbocycles. The number of azo groups is 1. The molecule has 0 aliphatic rings. The van der Waals surface area contributed by atoms with Gasteiger partial charge in [-0.2, -0.15) is 5.11 Å². The highest BCUT2D eigenvalue weighted by atomic mass is 16.5. The lowest BCUT2D eigenvalue weighted by atomic mass is 10.0. The predicted molar refractivity (Wildman–Crippen MR) is 174 cm³/mol. The minimum absolute atomic E-state index is 0.00310. The topological polar surface area (TPSA) is 151 Å². The molecule has 0 fully saturated rings. The Morgan fingerprint density at radius 1 is 0.913 bits per heavy atom. The number of carboxylic acid groups (broad SMARTS) is 1. The zero-order valence-electron chi connectivity index (χ0n) is 26.7. The molecular formula is C35H44N4O7. The van der Waals surface area contributed by atoms with Crippen LogP contribution in [-0.2, 0) is 17.8 Å². The molecule has 1 aromatic heterocycles. The number of phenolic OH excluding ortho intramolecular Hbond substituents is 1. The Kier molecular flexibility index (Phi) is 15.2. The van der Waals surface area contributed by atoms with Gasteiger partial charge in [-0.3, -0.25) is 19.4 Å². The number of aliphatic carboxylic acids is 1. The summed E-state index contributed by atoms with van der Waals surface area (Å²) in [6, 6.07) is 13.9. The van der Waals surface area contributed by atoms with Gasteiger partial charge in [0.2, 0.25) is 0 Å². The summed E-state index contributed by atoms with van der Waals surface area (Å²) in [5.74, 6) is -0.491. The fourth-order valence-corrected chi connectivity index (χ4v) is 4.74. The van der Waals surface area contributed by atoms with Crippen molar-refractivity contribution in [1.29, 1.82) is 0 Å².